The van der Waals surface area contributed by atoms with Gasteiger partial charge in [-0.3, -0.25) is 4.90 Å². The van der Waals surface area contributed by atoms with Gasteiger partial charge in [0.2, 0.25) is 0 Å². The molecule has 1 N–H and O–H groups in total. The molecule has 1 aliphatic heterocycles. The van der Waals surface area contributed by atoms with Crippen LogP contribution in [0.4, 0.5) is 0 Å². The molecule has 17 heavy (non-hydrogen) atoms. The Morgan fingerprint density at radius 1 is 1.35 bits per heavy atom. The van der Waals surface area contributed by atoms with Gasteiger partial charge >= 0.3 is 0 Å². The van der Waals surface area contributed by atoms with E-state index in [9.17, 15) is 0 Å². The lowest BCUT2D eigenvalue weighted by Crippen LogP contribution is -2.61. The maximum Gasteiger partial charge on any atom is 0.0656 e. The van der Waals surface area contributed by atoms with Gasteiger partial charge in [-0.2, -0.15) is 0 Å². The number of methoxy groups -OCH3 is 1. The summed E-state index contributed by atoms with van der Waals surface area (Å²) in [6.07, 6.45) is 0. The fourth-order valence-electron chi connectivity index (χ4n) is 2.48. The zero-order chi connectivity index (χ0) is 12.1. The van der Waals surface area contributed by atoms with Crippen molar-refractivity contribution in [1.29, 1.82) is 0 Å². The monoisotopic (exact) mass is 234 g/mol. The predicted molar refractivity (Wildman–Crippen MR) is 70.0 cm³/mol. The second-order valence-corrected chi connectivity index (χ2v) is 5.01. The number of rotatable bonds is 4. The molecule has 2 rings (SSSR count). The first kappa shape index (κ1) is 12.6. The SMILES string of the molecule is COC[C@@]1(C)CNCCN1Cc1ccccc1. The highest BCUT2D eigenvalue weighted by atomic mass is 16.5. The van der Waals surface area contributed by atoms with Crippen LogP contribution in [0.15, 0.2) is 30.3 Å². The van der Waals surface area contributed by atoms with Crippen molar-refractivity contribution in [3.05, 3.63) is 35.9 Å². The van der Waals surface area contributed by atoms with Crippen molar-refractivity contribution < 1.29 is 4.74 Å². The third kappa shape index (κ3) is 3.06. The van der Waals surface area contributed by atoms with E-state index < -0.39 is 0 Å². The van der Waals surface area contributed by atoms with Crippen LogP contribution in [0, 0.1) is 0 Å². The van der Waals surface area contributed by atoms with Crippen LogP contribution in [0.25, 0.3) is 0 Å². The molecule has 0 radical (unpaired) electrons. The van der Waals surface area contributed by atoms with Gasteiger partial charge in [0.25, 0.3) is 0 Å². The molecule has 3 heteroatoms. The first-order valence-corrected chi connectivity index (χ1v) is 6.23. The highest BCUT2D eigenvalue weighted by Gasteiger charge is 2.34. The van der Waals surface area contributed by atoms with E-state index in [0.717, 1.165) is 32.8 Å². The highest BCUT2D eigenvalue weighted by Crippen LogP contribution is 2.20. The first-order chi connectivity index (χ1) is 8.24. The van der Waals surface area contributed by atoms with E-state index in [1.165, 1.54) is 5.56 Å². The van der Waals surface area contributed by atoms with Crippen LogP contribution in [0.2, 0.25) is 0 Å². The first-order valence-electron chi connectivity index (χ1n) is 6.23. The third-order valence-corrected chi connectivity index (χ3v) is 3.50. The molecular weight excluding hydrogens is 212 g/mol. The zero-order valence-electron chi connectivity index (χ0n) is 10.8. The second-order valence-electron chi connectivity index (χ2n) is 5.01. The molecule has 0 aliphatic carbocycles. The molecule has 0 bridgehead atoms. The van der Waals surface area contributed by atoms with Gasteiger partial charge in [-0.1, -0.05) is 30.3 Å². The molecule has 1 aromatic carbocycles. The van der Waals surface area contributed by atoms with Crippen molar-refractivity contribution in [3.63, 3.8) is 0 Å². The Morgan fingerprint density at radius 2 is 2.12 bits per heavy atom. The van der Waals surface area contributed by atoms with E-state index in [2.05, 4.69) is 47.5 Å². The minimum absolute atomic E-state index is 0.100. The normalized spacial score (nSPS) is 26.0. The summed E-state index contributed by atoms with van der Waals surface area (Å²) >= 11 is 0. The second kappa shape index (κ2) is 5.63. The summed E-state index contributed by atoms with van der Waals surface area (Å²) in [6, 6.07) is 10.6. The van der Waals surface area contributed by atoms with E-state index in [1.54, 1.807) is 7.11 Å². The summed E-state index contributed by atoms with van der Waals surface area (Å²) in [7, 11) is 1.78. The van der Waals surface area contributed by atoms with Crippen LogP contribution in [0.3, 0.4) is 0 Å². The molecule has 1 aromatic rings. The maximum absolute atomic E-state index is 5.37. The average Bonchev–Trinajstić information content (AvgIpc) is 2.34. The Hall–Kier alpha value is -0.900. The van der Waals surface area contributed by atoms with Crippen LogP contribution < -0.4 is 5.32 Å². The molecule has 0 unspecified atom stereocenters. The molecule has 1 saturated heterocycles. The minimum Gasteiger partial charge on any atom is -0.383 e. The zero-order valence-corrected chi connectivity index (χ0v) is 10.8. The number of hydrogen-bond acceptors (Lipinski definition) is 3. The lowest BCUT2D eigenvalue weighted by molar-refractivity contribution is 0.0000661. The fraction of sp³-hybridized carbons (Fsp3) is 0.571. The summed E-state index contributed by atoms with van der Waals surface area (Å²) in [5.41, 5.74) is 1.47. The minimum atomic E-state index is 0.100. The van der Waals surface area contributed by atoms with Crippen molar-refractivity contribution in [2.24, 2.45) is 0 Å². The molecule has 0 amide bonds. The van der Waals surface area contributed by atoms with Crippen LogP contribution in [-0.4, -0.2) is 43.8 Å². The van der Waals surface area contributed by atoms with Crippen molar-refractivity contribution in [2.45, 2.75) is 19.0 Å². The summed E-state index contributed by atoms with van der Waals surface area (Å²) in [5.74, 6) is 0. The number of piperazine rings is 1. The topological polar surface area (TPSA) is 24.5 Å². The highest BCUT2D eigenvalue weighted by molar-refractivity contribution is 5.15. The number of hydrogen-bond donors (Lipinski definition) is 1. The average molecular weight is 234 g/mol. The number of benzene rings is 1. The Morgan fingerprint density at radius 3 is 2.82 bits per heavy atom. The lowest BCUT2D eigenvalue weighted by Gasteiger charge is -2.44. The number of nitrogens with zero attached hydrogens (tertiary/aromatic N) is 1. The Labute approximate surface area is 104 Å². The van der Waals surface area contributed by atoms with Gasteiger partial charge in [0.05, 0.1) is 12.1 Å². The van der Waals surface area contributed by atoms with Crippen LogP contribution in [-0.2, 0) is 11.3 Å². The van der Waals surface area contributed by atoms with Gasteiger partial charge in [0.15, 0.2) is 0 Å². The maximum atomic E-state index is 5.37. The van der Waals surface area contributed by atoms with E-state index in [-0.39, 0.29) is 5.54 Å². The molecule has 94 valence electrons. The molecular formula is C14H22N2O. The number of nitrogens with one attached hydrogen (secondary N) is 1. The van der Waals surface area contributed by atoms with E-state index >= 15 is 0 Å². The smallest absolute Gasteiger partial charge is 0.0656 e. The van der Waals surface area contributed by atoms with Crippen molar-refractivity contribution >= 4 is 0 Å². The van der Waals surface area contributed by atoms with Crippen molar-refractivity contribution in [1.82, 2.24) is 10.2 Å². The van der Waals surface area contributed by atoms with Crippen LogP contribution in [0.1, 0.15) is 12.5 Å². The van der Waals surface area contributed by atoms with Gasteiger partial charge in [-0.15, -0.1) is 0 Å². The molecule has 0 spiro atoms. The standard InChI is InChI=1S/C14H22N2O/c1-14(12-17-2)11-15-8-9-16(14)10-13-6-4-3-5-7-13/h3-7,15H,8-12H2,1-2H3/t14-/m1/s1. The Balaban J connectivity index is 2.06. The summed E-state index contributed by atoms with van der Waals surface area (Å²) in [5, 5.41) is 3.45. The summed E-state index contributed by atoms with van der Waals surface area (Å²) in [6.45, 7) is 7.18. The van der Waals surface area contributed by atoms with E-state index in [1.807, 2.05) is 0 Å². The molecule has 1 heterocycles. The predicted octanol–water partition coefficient (Wildman–Crippen LogP) is 1.50. The Kier molecular flexibility index (Phi) is 4.15. The lowest BCUT2D eigenvalue weighted by atomic mass is 9.97. The molecule has 0 saturated carbocycles. The summed E-state index contributed by atoms with van der Waals surface area (Å²) < 4.78 is 5.37. The van der Waals surface area contributed by atoms with Gasteiger partial charge in [-0.05, 0) is 12.5 Å². The van der Waals surface area contributed by atoms with Crippen molar-refractivity contribution in [3.8, 4) is 0 Å². The van der Waals surface area contributed by atoms with E-state index in [0.29, 0.717) is 0 Å². The van der Waals surface area contributed by atoms with Gasteiger partial charge < -0.3 is 10.1 Å². The van der Waals surface area contributed by atoms with Gasteiger partial charge in [0.1, 0.15) is 0 Å². The van der Waals surface area contributed by atoms with Gasteiger partial charge in [0, 0.05) is 33.3 Å². The van der Waals surface area contributed by atoms with Gasteiger partial charge in [-0.25, -0.2) is 0 Å². The quantitative estimate of drug-likeness (QED) is 0.854. The molecule has 1 fully saturated rings. The van der Waals surface area contributed by atoms with Crippen LogP contribution >= 0.6 is 0 Å². The molecule has 0 aromatic heterocycles. The number of ether oxygens (including phenoxy) is 1. The largest absolute Gasteiger partial charge is 0.383 e. The third-order valence-electron chi connectivity index (χ3n) is 3.50. The molecule has 3 nitrogen and oxygen atoms in total. The summed E-state index contributed by atoms with van der Waals surface area (Å²) in [4.78, 5) is 2.52. The Bertz CT molecular complexity index is 337. The molecule has 1 aliphatic rings. The van der Waals surface area contributed by atoms with Crippen molar-refractivity contribution in [2.75, 3.05) is 33.4 Å². The fourth-order valence-corrected chi connectivity index (χ4v) is 2.48. The van der Waals surface area contributed by atoms with Crippen LogP contribution in [0.5, 0.6) is 0 Å². The molecule has 1 atom stereocenters. The van der Waals surface area contributed by atoms with E-state index in [4.69, 9.17) is 4.74 Å².